The van der Waals surface area contributed by atoms with Gasteiger partial charge in [-0.05, 0) is 47.4 Å². The molecule has 102 valence electrons. The van der Waals surface area contributed by atoms with Gasteiger partial charge in [-0.2, -0.15) is 0 Å². The summed E-state index contributed by atoms with van der Waals surface area (Å²) in [5.41, 5.74) is 2.77. The van der Waals surface area contributed by atoms with Crippen molar-refractivity contribution in [2.75, 3.05) is 13.1 Å². The van der Waals surface area contributed by atoms with Crippen molar-refractivity contribution < 1.29 is 0 Å². The number of likely N-dealkylation sites (N-methyl/N-ethyl adjacent to an activating group) is 1. The fourth-order valence-corrected chi connectivity index (χ4v) is 3.79. The molecule has 0 radical (unpaired) electrons. The fraction of sp³-hybridized carbons (Fsp3) is 0.375. The van der Waals surface area contributed by atoms with Crippen LogP contribution < -0.4 is 5.32 Å². The number of hydrogen-bond acceptors (Lipinski definition) is 2. The van der Waals surface area contributed by atoms with Crippen LogP contribution in [0.15, 0.2) is 40.2 Å². The van der Waals surface area contributed by atoms with Crippen LogP contribution in [0.3, 0.4) is 0 Å². The second-order valence-corrected chi connectivity index (χ2v) is 6.77. The number of halogens is 1. The first kappa shape index (κ1) is 14.8. The van der Waals surface area contributed by atoms with Gasteiger partial charge in [-0.25, -0.2) is 0 Å². The van der Waals surface area contributed by atoms with Crippen LogP contribution >= 0.6 is 27.3 Å². The Balaban J connectivity index is 2.15. The molecule has 0 saturated heterocycles. The summed E-state index contributed by atoms with van der Waals surface area (Å²) in [5, 5.41) is 5.65. The lowest BCUT2D eigenvalue weighted by atomic mass is 9.93. The van der Waals surface area contributed by atoms with Crippen LogP contribution in [0.25, 0.3) is 0 Å². The van der Waals surface area contributed by atoms with Gasteiger partial charge in [0.25, 0.3) is 0 Å². The number of aryl methyl sites for hydroxylation is 1. The Labute approximate surface area is 128 Å². The molecular weight excluding hydrogens is 318 g/mol. The van der Waals surface area contributed by atoms with Crippen LogP contribution in [0.4, 0.5) is 0 Å². The predicted octanol–water partition coefficient (Wildman–Crippen LogP) is 4.75. The summed E-state index contributed by atoms with van der Waals surface area (Å²) in [6, 6.07) is 11.1. The maximum atomic E-state index is 3.54. The van der Waals surface area contributed by atoms with Crippen LogP contribution in [0.1, 0.15) is 28.8 Å². The molecule has 1 aromatic heterocycles. The third-order valence-electron chi connectivity index (χ3n) is 3.22. The summed E-state index contributed by atoms with van der Waals surface area (Å²) in [5.74, 6) is 0.547. The lowest BCUT2D eigenvalue weighted by Gasteiger charge is -2.17. The minimum absolute atomic E-state index is 0.547. The van der Waals surface area contributed by atoms with E-state index in [9.17, 15) is 0 Å². The average molecular weight is 338 g/mol. The number of benzene rings is 1. The van der Waals surface area contributed by atoms with Gasteiger partial charge in [0.1, 0.15) is 0 Å². The molecule has 1 atom stereocenters. The van der Waals surface area contributed by atoms with Gasteiger partial charge in [-0.3, -0.25) is 0 Å². The van der Waals surface area contributed by atoms with Crippen molar-refractivity contribution in [3.63, 3.8) is 0 Å². The minimum atomic E-state index is 0.547. The van der Waals surface area contributed by atoms with E-state index < -0.39 is 0 Å². The molecule has 19 heavy (non-hydrogen) atoms. The number of rotatable bonds is 6. The van der Waals surface area contributed by atoms with E-state index in [0.717, 1.165) is 19.5 Å². The first-order chi connectivity index (χ1) is 9.19. The normalized spacial score (nSPS) is 12.6. The largest absolute Gasteiger partial charge is 0.316 e. The van der Waals surface area contributed by atoms with Crippen molar-refractivity contribution in [2.45, 2.75) is 26.2 Å². The summed E-state index contributed by atoms with van der Waals surface area (Å²) in [6.45, 7) is 6.39. The first-order valence-electron chi connectivity index (χ1n) is 6.69. The highest BCUT2D eigenvalue weighted by molar-refractivity contribution is 9.10. The molecule has 2 rings (SSSR count). The molecule has 0 bridgehead atoms. The Kier molecular flexibility index (Phi) is 5.61. The average Bonchev–Trinajstić information content (AvgIpc) is 2.80. The van der Waals surface area contributed by atoms with Crippen molar-refractivity contribution >= 4 is 27.3 Å². The molecule has 3 heteroatoms. The number of nitrogens with one attached hydrogen (secondary N) is 1. The third kappa shape index (κ3) is 4.44. The van der Waals surface area contributed by atoms with E-state index >= 15 is 0 Å². The molecule has 2 aromatic rings. The highest BCUT2D eigenvalue weighted by Crippen LogP contribution is 2.27. The van der Waals surface area contributed by atoms with Crippen molar-refractivity contribution in [3.05, 3.63) is 56.2 Å². The highest BCUT2D eigenvalue weighted by Gasteiger charge is 2.13. The summed E-state index contributed by atoms with van der Waals surface area (Å²) >= 11 is 5.37. The van der Waals surface area contributed by atoms with Crippen molar-refractivity contribution in [1.82, 2.24) is 5.32 Å². The van der Waals surface area contributed by atoms with Crippen molar-refractivity contribution in [2.24, 2.45) is 0 Å². The summed E-state index contributed by atoms with van der Waals surface area (Å²) in [6.07, 6.45) is 1.10. The standard InChI is InChI=1S/C16H20BrNS/c1-3-18-10-14(8-16-9-15(17)11-19-16)13-6-4-5-12(2)7-13/h4-7,9,11,14,18H,3,8,10H2,1-2H3. The van der Waals surface area contributed by atoms with Gasteiger partial charge in [0.05, 0.1) is 0 Å². The second kappa shape index (κ2) is 7.22. The van der Waals surface area contributed by atoms with Crippen molar-refractivity contribution in [3.8, 4) is 0 Å². The number of hydrogen-bond donors (Lipinski definition) is 1. The molecule has 0 aliphatic carbocycles. The van der Waals surface area contributed by atoms with E-state index in [2.05, 4.69) is 70.8 Å². The fourth-order valence-electron chi connectivity index (χ4n) is 2.25. The maximum Gasteiger partial charge on any atom is 0.0285 e. The van der Waals surface area contributed by atoms with E-state index in [4.69, 9.17) is 0 Å². The molecule has 0 spiro atoms. The van der Waals surface area contributed by atoms with Crippen LogP contribution in [0, 0.1) is 6.92 Å². The SMILES string of the molecule is CCNCC(Cc1cc(Br)cs1)c1cccc(C)c1. The van der Waals surface area contributed by atoms with E-state index in [0.29, 0.717) is 5.92 Å². The first-order valence-corrected chi connectivity index (χ1v) is 8.36. The Hall–Kier alpha value is -0.640. The van der Waals surface area contributed by atoms with Gasteiger partial charge in [-0.1, -0.05) is 36.8 Å². The topological polar surface area (TPSA) is 12.0 Å². The van der Waals surface area contributed by atoms with E-state index in [1.165, 1.54) is 20.5 Å². The molecule has 0 saturated carbocycles. The van der Waals surface area contributed by atoms with Gasteiger partial charge in [0, 0.05) is 27.2 Å². The zero-order chi connectivity index (χ0) is 13.7. The smallest absolute Gasteiger partial charge is 0.0285 e. The van der Waals surface area contributed by atoms with Gasteiger partial charge in [-0.15, -0.1) is 11.3 Å². The van der Waals surface area contributed by atoms with Crippen LogP contribution in [0.2, 0.25) is 0 Å². The van der Waals surface area contributed by atoms with Crippen molar-refractivity contribution in [1.29, 1.82) is 0 Å². The quantitative estimate of drug-likeness (QED) is 0.801. The summed E-state index contributed by atoms with van der Waals surface area (Å²) in [7, 11) is 0. The van der Waals surface area contributed by atoms with Crippen LogP contribution in [-0.4, -0.2) is 13.1 Å². The second-order valence-electron chi connectivity index (χ2n) is 4.85. The molecule has 1 nitrogen and oxygen atoms in total. The van der Waals surface area contributed by atoms with Gasteiger partial charge < -0.3 is 5.32 Å². The Morgan fingerprint density at radius 2 is 2.16 bits per heavy atom. The molecular formula is C16H20BrNS. The molecule has 0 aliphatic rings. The molecule has 0 aliphatic heterocycles. The molecule has 0 amide bonds. The molecule has 1 heterocycles. The molecule has 1 unspecified atom stereocenters. The van der Waals surface area contributed by atoms with Gasteiger partial charge >= 0.3 is 0 Å². The Morgan fingerprint density at radius 1 is 1.32 bits per heavy atom. The monoisotopic (exact) mass is 337 g/mol. The van der Waals surface area contributed by atoms with Crippen LogP contribution in [0.5, 0.6) is 0 Å². The zero-order valence-electron chi connectivity index (χ0n) is 11.4. The predicted molar refractivity (Wildman–Crippen MR) is 88.2 cm³/mol. The third-order valence-corrected chi connectivity index (χ3v) is 4.94. The molecule has 0 fully saturated rings. The highest BCUT2D eigenvalue weighted by atomic mass is 79.9. The lowest BCUT2D eigenvalue weighted by molar-refractivity contribution is 0.598. The Bertz CT molecular complexity index is 521. The van der Waals surface area contributed by atoms with Gasteiger partial charge in [0.2, 0.25) is 0 Å². The number of thiophene rings is 1. The Morgan fingerprint density at radius 3 is 2.79 bits per heavy atom. The van der Waals surface area contributed by atoms with Crippen LogP contribution in [-0.2, 0) is 6.42 Å². The molecule has 1 aromatic carbocycles. The minimum Gasteiger partial charge on any atom is -0.316 e. The zero-order valence-corrected chi connectivity index (χ0v) is 13.9. The maximum absolute atomic E-state index is 3.54. The summed E-state index contributed by atoms with van der Waals surface area (Å²) in [4.78, 5) is 1.44. The summed E-state index contributed by atoms with van der Waals surface area (Å²) < 4.78 is 1.19. The van der Waals surface area contributed by atoms with Gasteiger partial charge in [0.15, 0.2) is 0 Å². The van der Waals surface area contributed by atoms with E-state index in [1.54, 1.807) is 0 Å². The van der Waals surface area contributed by atoms with E-state index in [1.807, 2.05) is 11.3 Å². The van der Waals surface area contributed by atoms with E-state index in [-0.39, 0.29) is 0 Å². The molecule has 1 N–H and O–H groups in total. The lowest BCUT2D eigenvalue weighted by Crippen LogP contribution is -2.22.